The molecule has 2 aromatic heterocycles. The summed E-state index contributed by atoms with van der Waals surface area (Å²) in [5, 5.41) is 14.6. The number of hydrogen-bond donors (Lipinski definition) is 1. The molecule has 7 nitrogen and oxygen atoms in total. The van der Waals surface area contributed by atoms with Gasteiger partial charge in [-0.05, 0) is 19.4 Å². The Morgan fingerprint density at radius 1 is 1.56 bits per heavy atom. The van der Waals surface area contributed by atoms with Crippen molar-refractivity contribution in [2.24, 2.45) is 0 Å². The fourth-order valence-corrected chi connectivity index (χ4v) is 3.70. The first-order valence-electron chi connectivity index (χ1n) is 8.41. The molecule has 4 heterocycles. The zero-order chi connectivity index (χ0) is 17.8. The number of carbonyl (C=O) groups is 1. The molecular formula is C17H20FN3O4. The summed E-state index contributed by atoms with van der Waals surface area (Å²) in [6, 6.07) is 1.53. The Morgan fingerprint density at radius 3 is 2.92 bits per heavy atom. The largest absolute Gasteiger partial charge is 0.477 e. The van der Waals surface area contributed by atoms with Crippen molar-refractivity contribution < 1.29 is 23.8 Å². The molecule has 25 heavy (non-hydrogen) atoms. The van der Waals surface area contributed by atoms with Gasteiger partial charge in [0.25, 0.3) is 0 Å². The summed E-state index contributed by atoms with van der Waals surface area (Å²) >= 11 is 0. The average Bonchev–Trinajstić information content (AvgIpc) is 3.24. The van der Waals surface area contributed by atoms with Crippen LogP contribution in [0.4, 0.5) is 4.39 Å². The Balaban J connectivity index is 1.73. The first-order valence-corrected chi connectivity index (χ1v) is 8.41. The van der Waals surface area contributed by atoms with Crippen LogP contribution < -0.4 is 4.74 Å². The minimum Gasteiger partial charge on any atom is -0.477 e. The lowest BCUT2D eigenvalue weighted by Gasteiger charge is -2.42. The average molecular weight is 349 g/mol. The number of carboxylic acid groups (broad SMARTS) is 1. The molecule has 134 valence electrons. The Hall–Kier alpha value is -2.22. The van der Waals surface area contributed by atoms with Crippen LogP contribution in [0, 0.1) is 0 Å². The molecular weight excluding hydrogens is 329 g/mol. The van der Waals surface area contributed by atoms with Crippen molar-refractivity contribution in [3.63, 3.8) is 0 Å². The fourth-order valence-electron chi connectivity index (χ4n) is 3.70. The molecule has 2 aromatic rings. The highest BCUT2D eigenvalue weighted by atomic mass is 19.1. The van der Waals surface area contributed by atoms with Gasteiger partial charge in [-0.1, -0.05) is 6.92 Å². The van der Waals surface area contributed by atoms with Crippen LogP contribution in [0.1, 0.15) is 43.5 Å². The van der Waals surface area contributed by atoms with Crippen LogP contribution in [0.25, 0.3) is 11.0 Å². The van der Waals surface area contributed by atoms with Gasteiger partial charge in [0.15, 0.2) is 5.65 Å². The van der Waals surface area contributed by atoms with E-state index in [1.54, 1.807) is 10.9 Å². The molecule has 1 unspecified atom stereocenters. The van der Waals surface area contributed by atoms with Gasteiger partial charge < -0.3 is 14.6 Å². The molecule has 0 radical (unpaired) electrons. The molecule has 1 aliphatic carbocycles. The third-order valence-electron chi connectivity index (χ3n) is 5.26. The molecule has 5 rings (SSSR count). The SMILES string of the molecule is CCC(C)Oc1nc2nn(C34COC(CF)(C3)C4)cc2cc1C(=O)O. The molecule has 0 amide bonds. The minimum absolute atomic E-state index is 0.0132. The zero-order valence-corrected chi connectivity index (χ0v) is 14.2. The van der Waals surface area contributed by atoms with E-state index in [-0.39, 0.29) is 23.1 Å². The smallest absolute Gasteiger partial charge is 0.341 e. The number of aromatic carboxylic acids is 1. The number of rotatable bonds is 6. The second-order valence-electron chi connectivity index (χ2n) is 7.15. The monoisotopic (exact) mass is 349 g/mol. The molecule has 2 saturated heterocycles. The van der Waals surface area contributed by atoms with Crippen molar-refractivity contribution in [1.29, 1.82) is 0 Å². The first-order chi connectivity index (χ1) is 11.9. The van der Waals surface area contributed by atoms with Crippen LogP contribution in [0.5, 0.6) is 5.88 Å². The summed E-state index contributed by atoms with van der Waals surface area (Å²) in [5.41, 5.74) is -0.585. The number of hydrogen-bond acceptors (Lipinski definition) is 5. The lowest BCUT2D eigenvalue weighted by molar-refractivity contribution is -0.0336. The molecule has 1 N–H and O–H groups in total. The van der Waals surface area contributed by atoms with E-state index >= 15 is 0 Å². The molecule has 1 atom stereocenters. The van der Waals surface area contributed by atoms with E-state index < -0.39 is 18.2 Å². The Labute approximate surface area is 143 Å². The summed E-state index contributed by atoms with van der Waals surface area (Å²) in [6.45, 7) is 3.72. The van der Waals surface area contributed by atoms with E-state index in [9.17, 15) is 14.3 Å². The maximum absolute atomic E-state index is 13.1. The summed E-state index contributed by atoms with van der Waals surface area (Å²) < 4.78 is 26.1. The lowest BCUT2D eigenvalue weighted by Crippen LogP contribution is -2.52. The summed E-state index contributed by atoms with van der Waals surface area (Å²) in [5.74, 6) is -1.02. The number of nitrogens with zero attached hydrogens (tertiary/aromatic N) is 3. The fraction of sp³-hybridized carbons (Fsp3) is 0.588. The molecule has 2 aliphatic heterocycles. The van der Waals surface area contributed by atoms with E-state index in [0.717, 1.165) is 6.42 Å². The predicted octanol–water partition coefficient (Wildman–Crippen LogP) is 2.53. The summed E-state index contributed by atoms with van der Waals surface area (Å²) in [6.07, 6.45) is 3.50. The van der Waals surface area contributed by atoms with Gasteiger partial charge in [-0.25, -0.2) is 9.18 Å². The number of carboxylic acids is 1. The van der Waals surface area contributed by atoms with Gasteiger partial charge in [-0.15, -0.1) is 0 Å². The van der Waals surface area contributed by atoms with Crippen LogP contribution in [-0.4, -0.2) is 50.8 Å². The van der Waals surface area contributed by atoms with Gasteiger partial charge >= 0.3 is 5.97 Å². The van der Waals surface area contributed by atoms with E-state index in [0.29, 0.717) is 30.5 Å². The van der Waals surface area contributed by atoms with Crippen LogP contribution in [0.15, 0.2) is 12.3 Å². The second kappa shape index (κ2) is 5.39. The van der Waals surface area contributed by atoms with Crippen LogP contribution >= 0.6 is 0 Å². The number of aromatic nitrogens is 3. The van der Waals surface area contributed by atoms with Crippen molar-refractivity contribution in [2.75, 3.05) is 13.3 Å². The van der Waals surface area contributed by atoms with Crippen LogP contribution in [0.2, 0.25) is 0 Å². The maximum Gasteiger partial charge on any atom is 0.341 e. The first kappa shape index (κ1) is 16.3. The Kier molecular flexibility index (Phi) is 3.50. The van der Waals surface area contributed by atoms with Gasteiger partial charge in [0.1, 0.15) is 17.8 Å². The topological polar surface area (TPSA) is 86.5 Å². The lowest BCUT2D eigenvalue weighted by atomic mass is 9.69. The van der Waals surface area contributed by atoms with Crippen molar-refractivity contribution in [2.45, 2.75) is 50.4 Å². The highest BCUT2D eigenvalue weighted by molar-refractivity contribution is 5.94. The van der Waals surface area contributed by atoms with Crippen molar-refractivity contribution in [1.82, 2.24) is 14.8 Å². The number of alkyl halides is 1. The normalized spacial score (nSPS) is 28.8. The van der Waals surface area contributed by atoms with Crippen molar-refractivity contribution >= 4 is 17.0 Å². The maximum atomic E-state index is 13.1. The number of ether oxygens (including phenoxy) is 2. The number of fused-ring (bicyclic) bond motifs is 2. The Morgan fingerprint density at radius 2 is 2.32 bits per heavy atom. The minimum atomic E-state index is -1.09. The van der Waals surface area contributed by atoms with Crippen LogP contribution in [0.3, 0.4) is 0 Å². The van der Waals surface area contributed by atoms with Crippen molar-refractivity contribution in [3.05, 3.63) is 17.8 Å². The molecule has 0 aromatic carbocycles. The number of halogens is 1. The third-order valence-corrected chi connectivity index (χ3v) is 5.26. The highest BCUT2D eigenvalue weighted by Crippen LogP contribution is 2.56. The van der Waals surface area contributed by atoms with E-state index in [1.165, 1.54) is 6.07 Å². The predicted molar refractivity (Wildman–Crippen MR) is 86.7 cm³/mol. The molecule has 3 aliphatic rings. The summed E-state index contributed by atoms with van der Waals surface area (Å²) in [7, 11) is 0. The molecule has 8 heteroatoms. The van der Waals surface area contributed by atoms with Gasteiger partial charge in [0.2, 0.25) is 5.88 Å². The molecule has 1 saturated carbocycles. The van der Waals surface area contributed by atoms with E-state index in [2.05, 4.69) is 10.1 Å². The van der Waals surface area contributed by atoms with E-state index in [1.807, 2.05) is 13.8 Å². The zero-order valence-electron chi connectivity index (χ0n) is 14.2. The second-order valence-corrected chi connectivity index (χ2v) is 7.15. The standard InChI is InChI=1S/C17H20FN3O4/c1-3-10(2)25-14-12(15(22)23)4-11-5-21(20-13(11)19-14)16-6-17(7-16,8-18)24-9-16/h4-5,10H,3,6-9H2,1-2H3,(H,22,23). The van der Waals surface area contributed by atoms with Gasteiger partial charge in [-0.3, -0.25) is 4.68 Å². The van der Waals surface area contributed by atoms with E-state index in [4.69, 9.17) is 9.47 Å². The quantitative estimate of drug-likeness (QED) is 0.862. The van der Waals surface area contributed by atoms with Crippen molar-refractivity contribution in [3.8, 4) is 5.88 Å². The highest BCUT2D eigenvalue weighted by Gasteiger charge is 2.64. The van der Waals surface area contributed by atoms with Gasteiger partial charge in [0, 0.05) is 24.4 Å². The Bertz CT molecular complexity index is 844. The van der Waals surface area contributed by atoms with Gasteiger partial charge in [-0.2, -0.15) is 10.1 Å². The number of pyridine rings is 1. The summed E-state index contributed by atoms with van der Waals surface area (Å²) in [4.78, 5) is 15.9. The van der Waals surface area contributed by atoms with Crippen LogP contribution in [-0.2, 0) is 10.3 Å². The third kappa shape index (κ3) is 2.38. The van der Waals surface area contributed by atoms with Gasteiger partial charge in [0.05, 0.1) is 18.2 Å². The molecule has 2 bridgehead atoms. The molecule has 0 spiro atoms. The molecule has 3 fully saturated rings.